The zero-order valence-corrected chi connectivity index (χ0v) is 15.7. The summed E-state index contributed by atoms with van der Waals surface area (Å²) in [5, 5.41) is 3.49. The molecule has 0 fully saturated rings. The predicted molar refractivity (Wildman–Crippen MR) is 106 cm³/mol. The minimum Gasteiger partial charge on any atom is -0.312 e. The fourth-order valence-electron chi connectivity index (χ4n) is 2.40. The maximum absolute atomic E-state index is 4.37. The highest BCUT2D eigenvalue weighted by molar-refractivity contribution is 9.10. The second-order valence-electron chi connectivity index (χ2n) is 5.40. The summed E-state index contributed by atoms with van der Waals surface area (Å²) in [5.74, 6) is 1.04. The van der Waals surface area contributed by atoms with Crippen LogP contribution in [0.3, 0.4) is 0 Å². The molecule has 0 radical (unpaired) electrons. The predicted octanol–water partition coefficient (Wildman–Crippen LogP) is 5.39. The first kappa shape index (κ1) is 17.2. The maximum atomic E-state index is 4.37. The molecular formula is C20H19BrN2S. The molecule has 1 N–H and O–H groups in total. The Kier molecular flexibility index (Phi) is 6.47. The number of aromatic nitrogens is 1. The topological polar surface area (TPSA) is 24.9 Å². The zero-order valence-electron chi connectivity index (χ0n) is 13.3. The molecule has 0 atom stereocenters. The van der Waals surface area contributed by atoms with Crippen molar-refractivity contribution in [1.82, 2.24) is 10.3 Å². The number of halogens is 1. The van der Waals surface area contributed by atoms with Gasteiger partial charge in [-0.1, -0.05) is 42.5 Å². The second-order valence-corrected chi connectivity index (χ2v) is 7.39. The molecule has 4 heteroatoms. The van der Waals surface area contributed by atoms with Crippen molar-refractivity contribution >= 4 is 27.7 Å². The van der Waals surface area contributed by atoms with Crippen LogP contribution in [0.15, 0.2) is 82.4 Å². The largest absolute Gasteiger partial charge is 0.312 e. The molecule has 24 heavy (non-hydrogen) atoms. The lowest BCUT2D eigenvalue weighted by Gasteiger charge is -2.07. The number of pyridine rings is 1. The summed E-state index contributed by atoms with van der Waals surface area (Å²) in [6.45, 7) is 1.80. The standard InChI is InChI=1S/C20H19BrN2S/c21-19-8-4-5-9-20(19)24-11-10-22-13-16-12-18(15-23-14-16)17-6-2-1-3-7-17/h1-9,12,14-15,22H,10-11,13H2. The number of nitrogens with zero attached hydrogens (tertiary/aromatic N) is 1. The fourth-order valence-corrected chi connectivity index (χ4v) is 3.88. The molecule has 0 saturated carbocycles. The van der Waals surface area contributed by atoms with Gasteiger partial charge in [0.2, 0.25) is 0 Å². The van der Waals surface area contributed by atoms with Gasteiger partial charge >= 0.3 is 0 Å². The zero-order chi connectivity index (χ0) is 16.6. The molecule has 0 saturated heterocycles. The molecule has 0 aliphatic carbocycles. The van der Waals surface area contributed by atoms with E-state index >= 15 is 0 Å². The van der Waals surface area contributed by atoms with E-state index in [-0.39, 0.29) is 0 Å². The Morgan fingerprint density at radius 3 is 2.54 bits per heavy atom. The molecule has 3 aromatic rings. The van der Waals surface area contributed by atoms with Gasteiger partial charge in [-0.3, -0.25) is 4.98 Å². The van der Waals surface area contributed by atoms with Gasteiger partial charge in [-0.2, -0.15) is 0 Å². The molecule has 2 aromatic carbocycles. The molecule has 2 nitrogen and oxygen atoms in total. The van der Waals surface area contributed by atoms with Crippen LogP contribution in [-0.4, -0.2) is 17.3 Å². The fraction of sp³-hybridized carbons (Fsp3) is 0.150. The van der Waals surface area contributed by atoms with Gasteiger partial charge in [-0.25, -0.2) is 0 Å². The first-order valence-electron chi connectivity index (χ1n) is 7.90. The summed E-state index contributed by atoms with van der Waals surface area (Å²) in [4.78, 5) is 5.65. The number of hydrogen-bond acceptors (Lipinski definition) is 3. The first-order chi connectivity index (χ1) is 11.8. The van der Waals surface area contributed by atoms with Crippen molar-refractivity contribution in [1.29, 1.82) is 0 Å². The lowest BCUT2D eigenvalue weighted by atomic mass is 10.1. The highest BCUT2D eigenvalue weighted by Crippen LogP contribution is 2.26. The van der Waals surface area contributed by atoms with Crippen molar-refractivity contribution in [3.05, 3.63) is 83.1 Å². The highest BCUT2D eigenvalue weighted by atomic mass is 79.9. The number of rotatable bonds is 7. The third kappa shape index (κ3) is 4.94. The molecular weight excluding hydrogens is 380 g/mol. The average molecular weight is 399 g/mol. The van der Waals surface area contributed by atoms with E-state index in [0.29, 0.717) is 0 Å². The second kappa shape index (κ2) is 9.02. The maximum Gasteiger partial charge on any atom is 0.0346 e. The molecule has 0 bridgehead atoms. The molecule has 3 rings (SSSR count). The Labute approximate surface area is 155 Å². The minimum atomic E-state index is 0.837. The van der Waals surface area contributed by atoms with E-state index in [0.717, 1.165) is 28.9 Å². The van der Waals surface area contributed by atoms with E-state index in [1.807, 2.05) is 36.3 Å². The SMILES string of the molecule is Brc1ccccc1SCCNCc1cncc(-c2ccccc2)c1. The average Bonchev–Trinajstić information content (AvgIpc) is 2.64. The van der Waals surface area contributed by atoms with E-state index in [1.165, 1.54) is 16.0 Å². The van der Waals surface area contributed by atoms with Crippen LogP contribution >= 0.6 is 27.7 Å². The van der Waals surface area contributed by atoms with Gasteiger partial charge < -0.3 is 5.32 Å². The third-order valence-electron chi connectivity index (χ3n) is 3.60. The quantitative estimate of drug-likeness (QED) is 0.426. The summed E-state index contributed by atoms with van der Waals surface area (Å²) in [7, 11) is 0. The van der Waals surface area contributed by atoms with Gasteiger partial charge in [0.15, 0.2) is 0 Å². The minimum absolute atomic E-state index is 0.837. The number of benzene rings is 2. The molecule has 1 heterocycles. The summed E-state index contributed by atoms with van der Waals surface area (Å²) in [5.41, 5.74) is 3.58. The Hall–Kier alpha value is -1.62. The number of nitrogens with one attached hydrogen (secondary N) is 1. The lowest BCUT2D eigenvalue weighted by Crippen LogP contribution is -2.16. The van der Waals surface area contributed by atoms with E-state index in [1.54, 1.807) is 0 Å². The van der Waals surface area contributed by atoms with Gasteiger partial charge in [0.1, 0.15) is 0 Å². The Morgan fingerprint density at radius 1 is 0.917 bits per heavy atom. The van der Waals surface area contributed by atoms with Gasteiger partial charge in [-0.15, -0.1) is 11.8 Å². The van der Waals surface area contributed by atoms with Crippen molar-refractivity contribution in [3.8, 4) is 11.1 Å². The molecule has 0 aliphatic heterocycles. The van der Waals surface area contributed by atoms with Crippen LogP contribution in [-0.2, 0) is 6.54 Å². The van der Waals surface area contributed by atoms with Crippen LogP contribution in [0.4, 0.5) is 0 Å². The van der Waals surface area contributed by atoms with Gasteiger partial charge in [0.05, 0.1) is 0 Å². The van der Waals surface area contributed by atoms with Crippen LogP contribution in [0.5, 0.6) is 0 Å². The van der Waals surface area contributed by atoms with E-state index in [4.69, 9.17) is 0 Å². The first-order valence-corrected chi connectivity index (χ1v) is 9.68. The van der Waals surface area contributed by atoms with Gasteiger partial charge in [0, 0.05) is 46.2 Å². The van der Waals surface area contributed by atoms with E-state index in [9.17, 15) is 0 Å². The number of thioether (sulfide) groups is 1. The lowest BCUT2D eigenvalue weighted by molar-refractivity contribution is 0.730. The summed E-state index contributed by atoms with van der Waals surface area (Å²) in [6, 6.07) is 20.9. The highest BCUT2D eigenvalue weighted by Gasteiger charge is 2.01. The molecule has 0 spiro atoms. The summed E-state index contributed by atoms with van der Waals surface area (Å²) in [6.07, 6.45) is 3.85. The summed E-state index contributed by atoms with van der Waals surface area (Å²) < 4.78 is 1.16. The van der Waals surface area contributed by atoms with Crippen molar-refractivity contribution in [3.63, 3.8) is 0 Å². The summed E-state index contributed by atoms with van der Waals surface area (Å²) >= 11 is 5.44. The smallest absolute Gasteiger partial charge is 0.0346 e. The molecule has 122 valence electrons. The van der Waals surface area contributed by atoms with Crippen molar-refractivity contribution < 1.29 is 0 Å². The van der Waals surface area contributed by atoms with Crippen molar-refractivity contribution in [2.24, 2.45) is 0 Å². The molecule has 0 unspecified atom stereocenters. The Balaban J connectivity index is 1.48. The van der Waals surface area contributed by atoms with Crippen LogP contribution in [0.25, 0.3) is 11.1 Å². The molecule has 0 aliphatic rings. The Morgan fingerprint density at radius 2 is 1.71 bits per heavy atom. The Bertz CT molecular complexity index is 777. The third-order valence-corrected chi connectivity index (χ3v) is 5.63. The van der Waals surface area contributed by atoms with Crippen molar-refractivity contribution in [2.75, 3.05) is 12.3 Å². The van der Waals surface area contributed by atoms with Crippen LogP contribution in [0, 0.1) is 0 Å². The monoisotopic (exact) mass is 398 g/mol. The van der Waals surface area contributed by atoms with Gasteiger partial charge in [-0.05, 0) is 45.3 Å². The normalized spacial score (nSPS) is 10.7. The van der Waals surface area contributed by atoms with E-state index < -0.39 is 0 Å². The van der Waals surface area contributed by atoms with Gasteiger partial charge in [0.25, 0.3) is 0 Å². The van der Waals surface area contributed by atoms with Crippen LogP contribution in [0.1, 0.15) is 5.56 Å². The molecule has 0 amide bonds. The van der Waals surface area contributed by atoms with Crippen LogP contribution < -0.4 is 5.32 Å². The van der Waals surface area contributed by atoms with E-state index in [2.05, 4.69) is 74.8 Å². The molecule has 1 aromatic heterocycles. The van der Waals surface area contributed by atoms with Crippen molar-refractivity contribution in [2.45, 2.75) is 11.4 Å². The number of hydrogen-bond donors (Lipinski definition) is 1. The van der Waals surface area contributed by atoms with Crippen LogP contribution in [0.2, 0.25) is 0 Å².